The summed E-state index contributed by atoms with van der Waals surface area (Å²) >= 11 is 0. The molecule has 0 saturated carbocycles. The maximum Gasteiger partial charge on any atom is 0.410 e. The second kappa shape index (κ2) is 7.40. The van der Waals surface area contributed by atoms with Gasteiger partial charge in [-0.25, -0.2) is 4.79 Å². The number of benzene rings is 1. The van der Waals surface area contributed by atoms with E-state index in [1.807, 2.05) is 39.0 Å². The molecule has 7 nitrogen and oxygen atoms in total. The minimum Gasteiger partial charge on any atom is -0.483 e. The van der Waals surface area contributed by atoms with Crippen LogP contribution in [-0.2, 0) is 4.74 Å². The lowest BCUT2D eigenvalue weighted by atomic mass is 9.83. The molecule has 2 aromatic rings. The highest BCUT2D eigenvalue weighted by atomic mass is 16.6. The van der Waals surface area contributed by atoms with Gasteiger partial charge in [0.25, 0.3) is 0 Å². The highest BCUT2D eigenvalue weighted by Crippen LogP contribution is 2.47. The second-order valence-corrected chi connectivity index (χ2v) is 8.96. The summed E-state index contributed by atoms with van der Waals surface area (Å²) in [4.78, 5) is 29.5. The molecular weight excluding hydrogens is 382 g/mol. The van der Waals surface area contributed by atoms with Crippen LogP contribution in [0.1, 0.15) is 55.6 Å². The van der Waals surface area contributed by atoms with Crippen LogP contribution in [-0.4, -0.2) is 46.6 Å². The van der Waals surface area contributed by atoms with Crippen molar-refractivity contribution in [2.75, 3.05) is 13.1 Å². The smallest absolute Gasteiger partial charge is 0.410 e. The van der Waals surface area contributed by atoms with Gasteiger partial charge in [0.2, 0.25) is 0 Å². The number of carbonyl (C=O) groups is 2. The number of ether oxygens (including phenoxy) is 2. The van der Waals surface area contributed by atoms with Crippen molar-refractivity contribution in [1.29, 1.82) is 0 Å². The Balaban J connectivity index is 1.49. The molecule has 1 unspecified atom stereocenters. The number of nitrogens with zero attached hydrogens (tertiary/aromatic N) is 2. The largest absolute Gasteiger partial charge is 0.483 e. The molecule has 2 aliphatic heterocycles. The van der Waals surface area contributed by atoms with Crippen molar-refractivity contribution in [2.24, 2.45) is 5.73 Å². The fourth-order valence-corrected chi connectivity index (χ4v) is 4.05. The number of aromatic nitrogens is 1. The summed E-state index contributed by atoms with van der Waals surface area (Å²) in [5.74, 6) is 0.696. The van der Waals surface area contributed by atoms with Gasteiger partial charge in [0.1, 0.15) is 23.2 Å². The number of piperidine rings is 1. The molecule has 0 radical (unpaired) electrons. The van der Waals surface area contributed by atoms with Crippen LogP contribution in [0.2, 0.25) is 0 Å². The maximum absolute atomic E-state index is 12.4. The minimum atomic E-state index is -0.539. The summed E-state index contributed by atoms with van der Waals surface area (Å²) in [6.07, 6.45) is 3.49. The van der Waals surface area contributed by atoms with Gasteiger partial charge in [-0.05, 0) is 26.8 Å². The van der Waals surface area contributed by atoms with Crippen LogP contribution in [0.4, 0.5) is 4.79 Å². The number of rotatable bonds is 2. The van der Waals surface area contributed by atoms with Gasteiger partial charge in [0.15, 0.2) is 0 Å². The number of hydrogen-bond acceptors (Lipinski definition) is 6. The lowest BCUT2D eigenvalue weighted by Gasteiger charge is -2.41. The van der Waals surface area contributed by atoms with Crippen molar-refractivity contribution in [1.82, 2.24) is 9.88 Å². The lowest BCUT2D eigenvalue weighted by molar-refractivity contribution is -0.0183. The average Bonchev–Trinajstić information content (AvgIpc) is 2.98. The third-order valence-electron chi connectivity index (χ3n) is 5.72. The monoisotopic (exact) mass is 409 g/mol. The van der Waals surface area contributed by atoms with Gasteiger partial charge in [-0.2, -0.15) is 0 Å². The van der Waals surface area contributed by atoms with E-state index in [9.17, 15) is 9.59 Å². The molecular formula is C23H27N3O4. The summed E-state index contributed by atoms with van der Waals surface area (Å²) in [6, 6.07) is 8.93. The zero-order valence-electron chi connectivity index (χ0n) is 17.6. The number of carbonyl (C=O) groups excluding carboxylic acids is 2. The molecule has 1 amide bonds. The zero-order chi connectivity index (χ0) is 21.5. The fraction of sp³-hybridized carbons (Fsp3) is 0.435. The quantitative estimate of drug-likeness (QED) is 0.760. The predicted octanol–water partition coefficient (Wildman–Crippen LogP) is 3.72. The molecule has 1 aromatic heterocycles. The maximum atomic E-state index is 12.4. The molecule has 7 heteroatoms. The van der Waals surface area contributed by atoms with Gasteiger partial charge in [0, 0.05) is 42.6 Å². The van der Waals surface area contributed by atoms with Gasteiger partial charge in [-0.15, -0.1) is 0 Å². The van der Waals surface area contributed by atoms with Gasteiger partial charge in [-0.3, -0.25) is 9.78 Å². The van der Waals surface area contributed by atoms with Crippen molar-refractivity contribution < 1.29 is 19.1 Å². The van der Waals surface area contributed by atoms with Crippen LogP contribution in [0, 0.1) is 0 Å². The lowest BCUT2D eigenvalue weighted by Crippen LogP contribution is -2.53. The summed E-state index contributed by atoms with van der Waals surface area (Å²) in [6.45, 7) is 6.65. The summed E-state index contributed by atoms with van der Waals surface area (Å²) in [5, 5.41) is 0. The van der Waals surface area contributed by atoms with E-state index in [2.05, 4.69) is 4.98 Å². The number of aldehydes is 1. The van der Waals surface area contributed by atoms with E-state index in [0.717, 1.165) is 23.1 Å². The van der Waals surface area contributed by atoms with Crippen molar-refractivity contribution in [3.8, 4) is 17.0 Å². The normalized spacial score (nSPS) is 19.9. The van der Waals surface area contributed by atoms with Crippen LogP contribution in [0.3, 0.4) is 0 Å². The van der Waals surface area contributed by atoms with Crippen molar-refractivity contribution in [3.05, 3.63) is 47.7 Å². The zero-order valence-corrected chi connectivity index (χ0v) is 17.6. The van der Waals surface area contributed by atoms with Crippen molar-refractivity contribution in [2.45, 2.75) is 50.9 Å². The molecule has 30 heavy (non-hydrogen) atoms. The Hall–Kier alpha value is -2.93. The molecule has 1 aromatic carbocycles. The molecule has 1 atom stereocenters. The van der Waals surface area contributed by atoms with Crippen LogP contribution in [0.15, 0.2) is 36.5 Å². The highest BCUT2D eigenvalue weighted by Gasteiger charge is 2.49. The van der Waals surface area contributed by atoms with E-state index in [0.29, 0.717) is 37.2 Å². The van der Waals surface area contributed by atoms with Crippen LogP contribution in [0.25, 0.3) is 11.3 Å². The molecule has 0 aliphatic carbocycles. The topological polar surface area (TPSA) is 94.7 Å². The van der Waals surface area contributed by atoms with E-state index in [4.69, 9.17) is 15.2 Å². The van der Waals surface area contributed by atoms with E-state index in [1.165, 1.54) is 0 Å². The predicted molar refractivity (Wildman–Crippen MR) is 112 cm³/mol. The Bertz CT molecular complexity index is 957. The molecule has 158 valence electrons. The number of likely N-dealkylation sites (tertiary alicyclic amines) is 1. The standard InChI is InChI=1S/C23H27N3O4/c1-22(2,3)30-21(28)26-10-8-23(9-11-26)20(24)17-12-18(25-13-19(17)29-23)16-6-4-15(14-27)5-7-16/h4-7,12-14,20H,8-11,24H2,1-3H3. The molecule has 1 spiro atoms. The first kappa shape index (κ1) is 20.3. The first-order valence-corrected chi connectivity index (χ1v) is 10.2. The van der Waals surface area contributed by atoms with Crippen LogP contribution >= 0.6 is 0 Å². The van der Waals surface area contributed by atoms with Gasteiger partial charge < -0.3 is 20.1 Å². The summed E-state index contributed by atoms with van der Waals surface area (Å²) < 4.78 is 11.8. The van der Waals surface area contributed by atoms with Crippen molar-refractivity contribution in [3.63, 3.8) is 0 Å². The van der Waals surface area contributed by atoms with Crippen molar-refractivity contribution >= 4 is 12.4 Å². The van der Waals surface area contributed by atoms with E-state index in [1.54, 1.807) is 23.2 Å². The molecule has 2 N–H and O–H groups in total. The van der Waals surface area contributed by atoms with E-state index < -0.39 is 11.2 Å². The second-order valence-electron chi connectivity index (χ2n) is 8.96. The van der Waals surface area contributed by atoms with Gasteiger partial charge in [0.05, 0.1) is 17.9 Å². The number of nitrogens with two attached hydrogens (primary N) is 1. The van der Waals surface area contributed by atoms with E-state index in [-0.39, 0.29) is 12.1 Å². The number of hydrogen-bond donors (Lipinski definition) is 1. The molecule has 3 heterocycles. The van der Waals surface area contributed by atoms with Crippen LogP contribution < -0.4 is 10.5 Å². The average molecular weight is 409 g/mol. The van der Waals surface area contributed by atoms with Gasteiger partial charge in [-0.1, -0.05) is 24.3 Å². The third-order valence-corrected chi connectivity index (χ3v) is 5.72. The minimum absolute atomic E-state index is 0.302. The van der Waals surface area contributed by atoms with E-state index >= 15 is 0 Å². The molecule has 4 rings (SSSR count). The Kier molecular flexibility index (Phi) is 5.02. The molecule has 1 fully saturated rings. The number of pyridine rings is 1. The number of fused-ring (bicyclic) bond motifs is 1. The molecule has 1 saturated heterocycles. The van der Waals surface area contributed by atoms with Crippen LogP contribution in [0.5, 0.6) is 5.75 Å². The molecule has 2 aliphatic rings. The Morgan fingerprint density at radius 1 is 1.27 bits per heavy atom. The Labute approximate surface area is 176 Å². The fourth-order valence-electron chi connectivity index (χ4n) is 4.05. The SMILES string of the molecule is CC(C)(C)OC(=O)N1CCC2(CC1)Oc1cnc(-c3ccc(C=O)cc3)cc1C2N. The Morgan fingerprint density at radius 2 is 1.93 bits per heavy atom. The molecule has 0 bridgehead atoms. The summed E-state index contributed by atoms with van der Waals surface area (Å²) in [7, 11) is 0. The third kappa shape index (κ3) is 3.77. The Morgan fingerprint density at radius 3 is 2.53 bits per heavy atom. The first-order chi connectivity index (χ1) is 14.2. The summed E-state index contributed by atoms with van der Waals surface area (Å²) in [5.41, 5.74) is 8.82. The highest BCUT2D eigenvalue weighted by molar-refractivity contribution is 5.76. The first-order valence-electron chi connectivity index (χ1n) is 10.2. The number of amides is 1. The van der Waals surface area contributed by atoms with Gasteiger partial charge >= 0.3 is 6.09 Å².